The SMILES string of the molecule is O=C(c1ccc(-c2cccc(C(F)(F)F)c2)o1)N1CCC(N2CCCC2)CC1. The predicted octanol–water partition coefficient (Wildman–Crippen LogP) is 4.67. The molecule has 3 heterocycles. The van der Waals surface area contributed by atoms with Crippen LogP contribution in [0, 0.1) is 0 Å². The van der Waals surface area contributed by atoms with E-state index in [1.807, 2.05) is 0 Å². The van der Waals surface area contributed by atoms with Gasteiger partial charge in [-0.3, -0.25) is 4.79 Å². The van der Waals surface area contributed by atoms with Gasteiger partial charge in [0.25, 0.3) is 5.91 Å². The third-order valence-electron chi connectivity index (χ3n) is 5.70. The highest BCUT2D eigenvalue weighted by Crippen LogP contribution is 2.33. The summed E-state index contributed by atoms with van der Waals surface area (Å²) in [5, 5.41) is 0. The Balaban J connectivity index is 1.42. The molecule has 2 aliphatic rings. The van der Waals surface area contributed by atoms with E-state index in [1.165, 1.54) is 18.9 Å². The van der Waals surface area contributed by atoms with Crippen molar-refractivity contribution in [2.75, 3.05) is 26.2 Å². The standard InChI is InChI=1S/C21H23F3N2O2/c22-21(23,24)16-5-3-4-15(14-16)18-6-7-19(28-18)20(27)26-12-8-17(9-13-26)25-10-1-2-11-25/h3-7,14,17H,1-2,8-13H2. The second-order valence-corrected chi connectivity index (χ2v) is 7.51. The maximum absolute atomic E-state index is 12.9. The molecule has 7 heteroatoms. The van der Waals surface area contributed by atoms with E-state index in [0.717, 1.165) is 38.1 Å². The lowest BCUT2D eigenvalue weighted by Crippen LogP contribution is -2.45. The fourth-order valence-electron chi connectivity index (χ4n) is 4.15. The second-order valence-electron chi connectivity index (χ2n) is 7.51. The van der Waals surface area contributed by atoms with Gasteiger partial charge in [0.05, 0.1) is 5.56 Å². The van der Waals surface area contributed by atoms with Gasteiger partial charge in [-0.25, -0.2) is 0 Å². The quantitative estimate of drug-likeness (QED) is 0.762. The van der Waals surface area contributed by atoms with E-state index in [1.54, 1.807) is 23.1 Å². The summed E-state index contributed by atoms with van der Waals surface area (Å²) in [5.41, 5.74) is -0.431. The van der Waals surface area contributed by atoms with Gasteiger partial charge in [0, 0.05) is 24.7 Å². The van der Waals surface area contributed by atoms with E-state index >= 15 is 0 Å². The number of likely N-dealkylation sites (tertiary alicyclic amines) is 2. The Bertz CT molecular complexity index is 832. The molecule has 150 valence electrons. The zero-order chi connectivity index (χ0) is 19.7. The Kier molecular flexibility index (Phi) is 5.19. The normalized spacial score (nSPS) is 19.3. The Morgan fingerprint density at radius 3 is 2.39 bits per heavy atom. The van der Waals surface area contributed by atoms with Crippen LogP contribution in [0.15, 0.2) is 40.8 Å². The van der Waals surface area contributed by atoms with E-state index < -0.39 is 11.7 Å². The molecule has 0 bridgehead atoms. The molecule has 4 rings (SSSR count). The average molecular weight is 392 g/mol. The van der Waals surface area contributed by atoms with Crippen molar-refractivity contribution in [3.05, 3.63) is 47.7 Å². The van der Waals surface area contributed by atoms with Gasteiger partial charge < -0.3 is 14.2 Å². The molecule has 0 atom stereocenters. The topological polar surface area (TPSA) is 36.7 Å². The number of hydrogen-bond acceptors (Lipinski definition) is 3. The Morgan fingerprint density at radius 2 is 1.71 bits per heavy atom. The van der Waals surface area contributed by atoms with E-state index in [0.29, 0.717) is 24.7 Å². The Hall–Kier alpha value is -2.28. The average Bonchev–Trinajstić information content (AvgIpc) is 3.39. The molecular weight excluding hydrogens is 369 g/mol. The van der Waals surface area contributed by atoms with Crippen molar-refractivity contribution in [1.29, 1.82) is 0 Å². The number of benzene rings is 1. The molecule has 28 heavy (non-hydrogen) atoms. The van der Waals surface area contributed by atoms with Crippen molar-refractivity contribution in [2.45, 2.75) is 37.9 Å². The van der Waals surface area contributed by atoms with Gasteiger partial charge >= 0.3 is 6.18 Å². The van der Waals surface area contributed by atoms with Crippen molar-refractivity contribution in [2.24, 2.45) is 0 Å². The number of hydrogen-bond donors (Lipinski definition) is 0. The fourth-order valence-corrected chi connectivity index (χ4v) is 4.15. The molecule has 0 saturated carbocycles. The molecule has 1 aromatic heterocycles. The number of halogens is 3. The molecule has 0 unspecified atom stereocenters. The number of piperidine rings is 1. The molecule has 0 spiro atoms. The lowest BCUT2D eigenvalue weighted by Gasteiger charge is -2.36. The van der Waals surface area contributed by atoms with Crippen LogP contribution < -0.4 is 0 Å². The monoisotopic (exact) mass is 392 g/mol. The molecule has 1 amide bonds. The minimum absolute atomic E-state index is 0.173. The fraction of sp³-hybridized carbons (Fsp3) is 0.476. The van der Waals surface area contributed by atoms with Gasteiger partial charge in [-0.15, -0.1) is 0 Å². The van der Waals surface area contributed by atoms with E-state index in [-0.39, 0.29) is 17.4 Å². The number of carbonyl (C=O) groups is 1. The van der Waals surface area contributed by atoms with Crippen LogP contribution >= 0.6 is 0 Å². The highest BCUT2D eigenvalue weighted by molar-refractivity contribution is 5.92. The van der Waals surface area contributed by atoms with Crippen molar-refractivity contribution in [3.8, 4) is 11.3 Å². The van der Waals surface area contributed by atoms with E-state index in [9.17, 15) is 18.0 Å². The zero-order valence-corrected chi connectivity index (χ0v) is 15.5. The predicted molar refractivity (Wildman–Crippen MR) is 98.9 cm³/mol. The maximum Gasteiger partial charge on any atom is 0.416 e. The smallest absolute Gasteiger partial charge is 0.416 e. The van der Waals surface area contributed by atoms with Crippen LogP contribution in [0.2, 0.25) is 0 Å². The van der Waals surface area contributed by atoms with E-state index in [4.69, 9.17) is 4.42 Å². The third-order valence-corrected chi connectivity index (χ3v) is 5.70. The number of carbonyl (C=O) groups excluding carboxylic acids is 1. The van der Waals surface area contributed by atoms with Crippen LogP contribution in [-0.2, 0) is 6.18 Å². The molecule has 1 aromatic carbocycles. The molecule has 0 N–H and O–H groups in total. The lowest BCUT2D eigenvalue weighted by atomic mass is 10.0. The molecule has 0 aliphatic carbocycles. The van der Waals surface area contributed by atoms with Crippen LogP contribution in [0.4, 0.5) is 13.2 Å². The van der Waals surface area contributed by atoms with Crippen molar-refractivity contribution in [3.63, 3.8) is 0 Å². The maximum atomic E-state index is 12.9. The zero-order valence-electron chi connectivity index (χ0n) is 15.5. The second kappa shape index (κ2) is 7.62. The van der Waals surface area contributed by atoms with Gasteiger partial charge in [-0.2, -0.15) is 13.2 Å². The summed E-state index contributed by atoms with van der Waals surface area (Å²) in [6.07, 6.45) is -0.00544. The first kappa shape index (κ1) is 19.1. The number of rotatable bonds is 3. The molecular formula is C21H23F3N2O2. The van der Waals surface area contributed by atoms with Crippen molar-refractivity contribution < 1.29 is 22.4 Å². The van der Waals surface area contributed by atoms with Gasteiger partial charge in [0.2, 0.25) is 0 Å². The number of nitrogens with zero attached hydrogens (tertiary/aromatic N) is 2. The van der Waals surface area contributed by atoms with Gasteiger partial charge in [-0.1, -0.05) is 12.1 Å². The third kappa shape index (κ3) is 3.94. The largest absolute Gasteiger partial charge is 0.451 e. The molecule has 2 fully saturated rings. The van der Waals surface area contributed by atoms with Crippen molar-refractivity contribution in [1.82, 2.24) is 9.80 Å². The van der Waals surface area contributed by atoms with Gasteiger partial charge in [-0.05, 0) is 63.0 Å². The highest BCUT2D eigenvalue weighted by Gasteiger charge is 2.31. The number of furan rings is 1. The first-order chi connectivity index (χ1) is 13.4. The first-order valence-electron chi connectivity index (χ1n) is 9.72. The Morgan fingerprint density at radius 1 is 1.00 bits per heavy atom. The minimum Gasteiger partial charge on any atom is -0.451 e. The van der Waals surface area contributed by atoms with Crippen LogP contribution in [0.1, 0.15) is 41.8 Å². The molecule has 2 saturated heterocycles. The van der Waals surface area contributed by atoms with Gasteiger partial charge in [0.15, 0.2) is 5.76 Å². The summed E-state index contributed by atoms with van der Waals surface area (Å²) in [7, 11) is 0. The summed E-state index contributed by atoms with van der Waals surface area (Å²) in [5.74, 6) is 0.242. The van der Waals surface area contributed by atoms with Crippen LogP contribution in [0.25, 0.3) is 11.3 Å². The number of alkyl halides is 3. The molecule has 0 radical (unpaired) electrons. The number of amides is 1. The molecule has 2 aromatic rings. The summed E-state index contributed by atoms with van der Waals surface area (Å²) >= 11 is 0. The van der Waals surface area contributed by atoms with Crippen LogP contribution in [0.5, 0.6) is 0 Å². The summed E-state index contributed by atoms with van der Waals surface area (Å²) in [6, 6.07) is 8.58. The Labute approximate surface area is 161 Å². The summed E-state index contributed by atoms with van der Waals surface area (Å²) in [4.78, 5) is 17.0. The van der Waals surface area contributed by atoms with Crippen LogP contribution in [-0.4, -0.2) is 47.9 Å². The highest BCUT2D eigenvalue weighted by atomic mass is 19.4. The van der Waals surface area contributed by atoms with Crippen molar-refractivity contribution >= 4 is 5.91 Å². The summed E-state index contributed by atoms with van der Waals surface area (Å²) in [6.45, 7) is 3.66. The van der Waals surface area contributed by atoms with Crippen LogP contribution in [0.3, 0.4) is 0 Å². The minimum atomic E-state index is -4.42. The molecule has 4 nitrogen and oxygen atoms in total. The lowest BCUT2D eigenvalue weighted by molar-refractivity contribution is -0.137. The van der Waals surface area contributed by atoms with E-state index in [2.05, 4.69) is 4.90 Å². The van der Waals surface area contributed by atoms with Gasteiger partial charge in [0.1, 0.15) is 5.76 Å². The molecule has 2 aliphatic heterocycles. The summed E-state index contributed by atoms with van der Waals surface area (Å²) < 4.78 is 44.3. The first-order valence-corrected chi connectivity index (χ1v) is 9.72.